The van der Waals surface area contributed by atoms with E-state index < -0.39 is 24.2 Å². The number of aromatic nitrogens is 3. The van der Waals surface area contributed by atoms with Crippen LogP contribution < -0.4 is 20.4 Å². The van der Waals surface area contributed by atoms with E-state index in [9.17, 15) is 22.8 Å². The molecule has 2 aliphatic rings. The van der Waals surface area contributed by atoms with Crippen LogP contribution in [0.3, 0.4) is 0 Å². The molecule has 2 amide bonds. The number of hydrogen-bond acceptors (Lipinski definition) is 9. The topological polar surface area (TPSA) is 122 Å². The summed E-state index contributed by atoms with van der Waals surface area (Å²) >= 11 is 0. The highest BCUT2D eigenvalue weighted by atomic mass is 19.4. The van der Waals surface area contributed by atoms with Gasteiger partial charge in [-0.15, -0.1) is 0 Å². The van der Waals surface area contributed by atoms with Crippen molar-refractivity contribution in [1.29, 1.82) is 0 Å². The summed E-state index contributed by atoms with van der Waals surface area (Å²) in [6, 6.07) is 2.31. The van der Waals surface area contributed by atoms with E-state index in [-0.39, 0.29) is 29.4 Å². The first kappa shape index (κ1) is 41.9. The first-order valence-corrected chi connectivity index (χ1v) is 18.7. The predicted octanol–water partition coefficient (Wildman–Crippen LogP) is 7.21. The van der Waals surface area contributed by atoms with Crippen LogP contribution in [-0.4, -0.2) is 85.9 Å². The summed E-state index contributed by atoms with van der Waals surface area (Å²) in [6.45, 7) is 5.66. The molecular formula is C40H52F3N7O4. The third-order valence-electron chi connectivity index (χ3n) is 8.46. The Balaban J connectivity index is 1.23. The molecular weight excluding hydrogens is 699 g/mol. The molecule has 2 saturated heterocycles. The maximum atomic E-state index is 14.5. The molecule has 0 atom stereocenters. The quantitative estimate of drug-likeness (QED) is 0.113. The van der Waals surface area contributed by atoms with Gasteiger partial charge in [-0.25, -0.2) is 9.97 Å². The number of nitrogens with zero attached hydrogens (tertiary/aromatic N) is 5. The van der Waals surface area contributed by atoms with Gasteiger partial charge in [0.25, 0.3) is 0 Å². The number of unbranched alkanes of at least 4 members (excludes halogenated alkanes) is 1. The summed E-state index contributed by atoms with van der Waals surface area (Å²) in [6.07, 6.45) is 23.7. The predicted molar refractivity (Wildman–Crippen MR) is 206 cm³/mol. The van der Waals surface area contributed by atoms with E-state index in [1.54, 1.807) is 0 Å². The molecule has 292 valence electrons. The second-order valence-corrected chi connectivity index (χ2v) is 12.6. The third-order valence-corrected chi connectivity index (χ3v) is 8.46. The lowest BCUT2D eigenvalue weighted by molar-refractivity contribution is -0.137. The van der Waals surface area contributed by atoms with Gasteiger partial charge in [-0.05, 0) is 51.0 Å². The van der Waals surface area contributed by atoms with Crippen molar-refractivity contribution >= 4 is 29.4 Å². The Hall–Kier alpha value is -4.82. The number of ether oxygens (including phenoxy) is 2. The van der Waals surface area contributed by atoms with E-state index >= 15 is 0 Å². The summed E-state index contributed by atoms with van der Waals surface area (Å²) in [5.74, 6) is -0.520. The van der Waals surface area contributed by atoms with Crippen molar-refractivity contribution in [2.75, 3.05) is 74.3 Å². The Morgan fingerprint density at radius 3 is 1.94 bits per heavy atom. The van der Waals surface area contributed by atoms with Gasteiger partial charge < -0.3 is 29.9 Å². The third kappa shape index (κ3) is 14.9. The molecule has 4 rings (SSSR count). The first-order valence-electron chi connectivity index (χ1n) is 18.7. The molecule has 14 heteroatoms. The second kappa shape index (κ2) is 23.1. The second-order valence-electron chi connectivity index (χ2n) is 12.6. The van der Waals surface area contributed by atoms with Gasteiger partial charge in [0.2, 0.25) is 17.8 Å². The average Bonchev–Trinajstić information content (AvgIpc) is 3.18. The Labute approximate surface area is 316 Å². The molecule has 0 aliphatic carbocycles. The molecule has 54 heavy (non-hydrogen) atoms. The van der Waals surface area contributed by atoms with Gasteiger partial charge in [0.05, 0.1) is 44.2 Å². The fourth-order valence-corrected chi connectivity index (χ4v) is 5.58. The molecule has 0 spiro atoms. The molecule has 2 aromatic heterocycles. The zero-order valence-electron chi connectivity index (χ0n) is 31.0. The Morgan fingerprint density at radius 2 is 1.35 bits per heavy atom. The maximum Gasteiger partial charge on any atom is 0.417 e. The van der Waals surface area contributed by atoms with Crippen LogP contribution >= 0.6 is 0 Å². The molecule has 0 unspecified atom stereocenters. The minimum Gasteiger partial charge on any atom is -0.378 e. The normalized spacial score (nSPS) is 15.8. The fourth-order valence-electron chi connectivity index (χ4n) is 5.58. The van der Waals surface area contributed by atoms with Gasteiger partial charge in [0.15, 0.2) is 0 Å². The molecule has 0 saturated carbocycles. The number of allylic oxidation sites excluding steroid dienone is 10. The molecule has 11 nitrogen and oxygen atoms in total. The number of nitrogens with one attached hydrogen (secondary N) is 2. The van der Waals surface area contributed by atoms with E-state index in [0.717, 1.165) is 44.4 Å². The smallest absolute Gasteiger partial charge is 0.378 e. The van der Waals surface area contributed by atoms with E-state index in [4.69, 9.17) is 9.47 Å². The summed E-state index contributed by atoms with van der Waals surface area (Å²) in [7, 11) is 0. The lowest BCUT2D eigenvalue weighted by atomic mass is 10.1. The van der Waals surface area contributed by atoms with Gasteiger partial charge in [-0.2, -0.15) is 18.2 Å². The lowest BCUT2D eigenvalue weighted by Crippen LogP contribution is -2.39. The van der Waals surface area contributed by atoms with Crippen LogP contribution in [0.15, 0.2) is 79.1 Å². The van der Waals surface area contributed by atoms with Crippen LogP contribution in [0.25, 0.3) is 11.3 Å². The maximum absolute atomic E-state index is 14.5. The lowest BCUT2D eigenvalue weighted by Gasteiger charge is -2.31. The molecule has 0 bridgehead atoms. The summed E-state index contributed by atoms with van der Waals surface area (Å²) in [5, 5.41) is 4.89. The number of carbonyl (C=O) groups is 2. The summed E-state index contributed by atoms with van der Waals surface area (Å²) in [5.41, 5.74) is -1.19. The Kier molecular flexibility index (Phi) is 17.9. The highest BCUT2D eigenvalue weighted by molar-refractivity contribution is 5.94. The van der Waals surface area contributed by atoms with Crippen molar-refractivity contribution in [2.45, 2.75) is 64.5 Å². The number of morpholine rings is 2. The van der Waals surface area contributed by atoms with E-state index in [0.29, 0.717) is 77.2 Å². The molecule has 4 heterocycles. The van der Waals surface area contributed by atoms with E-state index in [2.05, 4.69) is 81.1 Å². The molecule has 0 aromatic carbocycles. The number of alkyl halides is 3. The summed E-state index contributed by atoms with van der Waals surface area (Å²) in [4.78, 5) is 42.0. The fraction of sp³-hybridized carbons (Fsp3) is 0.475. The van der Waals surface area contributed by atoms with Gasteiger partial charge in [0, 0.05) is 50.4 Å². The number of anilines is 3. The van der Waals surface area contributed by atoms with Crippen molar-refractivity contribution in [3.05, 3.63) is 84.7 Å². The van der Waals surface area contributed by atoms with Crippen molar-refractivity contribution in [3.8, 4) is 11.3 Å². The zero-order chi connectivity index (χ0) is 38.4. The number of carbonyl (C=O) groups excluding carboxylic acids is 2. The number of hydrogen-bond donors (Lipinski definition) is 2. The molecule has 2 aromatic rings. The highest BCUT2D eigenvalue weighted by Crippen LogP contribution is 2.38. The molecule has 2 N–H and O–H groups in total. The molecule has 2 aliphatic heterocycles. The number of pyridine rings is 1. The number of rotatable bonds is 19. The molecule has 0 radical (unpaired) electrons. The van der Waals surface area contributed by atoms with Gasteiger partial charge >= 0.3 is 6.18 Å². The van der Waals surface area contributed by atoms with Crippen molar-refractivity contribution < 1.29 is 32.2 Å². The van der Waals surface area contributed by atoms with Crippen LogP contribution in [0.1, 0.15) is 63.9 Å². The van der Waals surface area contributed by atoms with Crippen molar-refractivity contribution in [3.63, 3.8) is 0 Å². The Morgan fingerprint density at radius 1 is 0.778 bits per heavy atom. The Bertz CT molecular complexity index is 1590. The van der Waals surface area contributed by atoms with E-state index in [1.807, 2.05) is 22.0 Å². The number of amides is 2. The van der Waals surface area contributed by atoms with Crippen LogP contribution in [0.2, 0.25) is 0 Å². The van der Waals surface area contributed by atoms with Crippen molar-refractivity contribution in [1.82, 2.24) is 20.3 Å². The van der Waals surface area contributed by atoms with Gasteiger partial charge in [0.1, 0.15) is 11.6 Å². The van der Waals surface area contributed by atoms with Crippen molar-refractivity contribution in [2.24, 2.45) is 0 Å². The minimum atomic E-state index is -4.78. The zero-order valence-corrected chi connectivity index (χ0v) is 31.0. The minimum absolute atomic E-state index is 0.0579. The van der Waals surface area contributed by atoms with Crippen LogP contribution in [-0.2, 0) is 25.2 Å². The van der Waals surface area contributed by atoms with Gasteiger partial charge in [-0.1, -0.05) is 67.7 Å². The largest absolute Gasteiger partial charge is 0.417 e. The standard InChI is InChI=1S/C40H52F3N7O4/c1-2-3-4-5-6-7-8-9-10-11-12-13-14-15-16-17-18-19-37(51)45-31-38(52)47-35-28-33(40(41,42)43)32(30-44-35)34-29-36(49-20-24-53-25-21-49)48-39(46-34)50-22-26-54-27-23-50/h3-4,6-7,9-10,12-13,15-16,28-30H,2,5,8,11,14,17-27,31H2,1H3,(H,45,51)(H,44,47,52)/b4-3-,7-6-,10-9-,13-12-,16-15-. The highest BCUT2D eigenvalue weighted by Gasteiger charge is 2.35. The van der Waals surface area contributed by atoms with Crippen LogP contribution in [0.4, 0.5) is 30.8 Å². The van der Waals surface area contributed by atoms with Crippen LogP contribution in [0.5, 0.6) is 0 Å². The number of halogens is 3. The summed E-state index contributed by atoms with van der Waals surface area (Å²) < 4.78 is 54.2. The van der Waals surface area contributed by atoms with Gasteiger partial charge in [-0.3, -0.25) is 9.59 Å². The monoisotopic (exact) mass is 751 g/mol. The van der Waals surface area contributed by atoms with E-state index in [1.165, 1.54) is 6.07 Å². The van der Waals surface area contributed by atoms with Crippen LogP contribution in [0, 0.1) is 0 Å². The first-order chi connectivity index (χ1) is 26.2. The average molecular weight is 752 g/mol. The SMILES string of the molecule is CC/C=C\C/C=C\C/C=C\C/C=C\C/C=C\CCCC(=O)NCC(=O)Nc1cc(C(F)(F)F)c(-c2cc(N3CCOCC3)nc(N3CCOCC3)n2)cn1. The molecule has 2 fully saturated rings.